The summed E-state index contributed by atoms with van der Waals surface area (Å²) in [5.41, 5.74) is 5.99. The van der Waals surface area contributed by atoms with Crippen molar-refractivity contribution in [2.24, 2.45) is 11.7 Å². The Labute approximate surface area is 219 Å². The lowest BCUT2D eigenvalue weighted by molar-refractivity contribution is -0.138. The summed E-state index contributed by atoms with van der Waals surface area (Å²) in [5, 5.41) is 9.40. The van der Waals surface area contributed by atoms with Crippen LogP contribution in [0.5, 0.6) is 23.1 Å². The van der Waals surface area contributed by atoms with Crippen LogP contribution in [-0.2, 0) is 4.79 Å². The van der Waals surface area contributed by atoms with E-state index < -0.39 is 5.91 Å². The molecule has 1 unspecified atom stereocenters. The van der Waals surface area contributed by atoms with Crippen molar-refractivity contribution in [3.63, 3.8) is 0 Å². The summed E-state index contributed by atoms with van der Waals surface area (Å²) in [6.07, 6.45) is 3.89. The number of hydrogen-bond acceptors (Lipinski definition) is 7. The Hall–Kier alpha value is -4.84. The number of nitrogens with zero attached hydrogens (tertiary/aromatic N) is 4. The molecule has 2 N–H and O–H groups in total. The average molecular weight is 508 g/mol. The molecule has 38 heavy (non-hydrogen) atoms. The molecule has 2 aliphatic heterocycles. The minimum absolute atomic E-state index is 0.0394. The Morgan fingerprint density at radius 2 is 1.61 bits per heavy atom. The predicted octanol–water partition coefficient (Wildman–Crippen LogP) is 4.02. The molecule has 9 nitrogen and oxygen atoms in total. The number of primary amides is 1. The van der Waals surface area contributed by atoms with Crippen molar-refractivity contribution in [1.29, 1.82) is 5.26 Å². The maximum absolute atomic E-state index is 12.8. The smallest absolute Gasteiger partial charge is 0.264 e. The fourth-order valence-electron chi connectivity index (χ4n) is 4.73. The van der Waals surface area contributed by atoms with Gasteiger partial charge >= 0.3 is 0 Å². The molecule has 2 amide bonds. The molecule has 9 heteroatoms. The third-order valence-electron chi connectivity index (χ3n) is 7.07. The molecule has 3 aliphatic rings. The third kappa shape index (κ3) is 4.52. The maximum Gasteiger partial charge on any atom is 0.264 e. The number of piperazine rings is 1. The number of carbonyl (C=O) groups is 2. The maximum atomic E-state index is 12.8. The van der Waals surface area contributed by atoms with E-state index in [9.17, 15) is 14.9 Å². The number of hydrogen-bond donors (Lipinski definition) is 1. The Morgan fingerprint density at radius 1 is 0.921 bits per heavy atom. The lowest BCUT2D eigenvalue weighted by Crippen LogP contribution is -2.80. The van der Waals surface area contributed by atoms with Crippen LogP contribution in [0.25, 0.3) is 0 Å². The topological polar surface area (TPSA) is 122 Å². The van der Waals surface area contributed by atoms with Gasteiger partial charge in [0, 0.05) is 13.1 Å². The molecule has 0 spiro atoms. The van der Waals surface area contributed by atoms with Crippen LogP contribution in [0.2, 0.25) is 0 Å². The Kier molecular flexibility index (Phi) is 5.92. The monoisotopic (exact) mass is 507 g/mol. The standard InChI is InChI=1S/C29H25N5O4/c30-15-19(14-18-6-7-18)29(36)34-17-24-25(34)16-33(24)26-13-12-23(27(31)35)28(32-26)38-22-10-8-21(9-11-22)37-20-4-2-1-3-5-20/h1-5,8-14,18,24-25H,6-7,16-17H2,(H2,31,35)/b19-14+/t24?,25-/m1/s1. The van der Waals surface area contributed by atoms with Gasteiger partial charge in [0.2, 0.25) is 5.88 Å². The molecule has 3 aromatic rings. The highest BCUT2D eigenvalue weighted by atomic mass is 16.5. The Bertz CT molecular complexity index is 1460. The van der Waals surface area contributed by atoms with E-state index in [1.54, 1.807) is 47.4 Å². The fraction of sp³-hybridized carbons (Fsp3) is 0.241. The number of carbonyl (C=O) groups excluding carboxylic acids is 2. The van der Waals surface area contributed by atoms with Crippen molar-refractivity contribution in [2.45, 2.75) is 24.9 Å². The fourth-order valence-corrected chi connectivity index (χ4v) is 4.73. The van der Waals surface area contributed by atoms with E-state index in [1.165, 1.54) is 0 Å². The molecular weight excluding hydrogens is 482 g/mol. The average Bonchev–Trinajstić information content (AvgIpc) is 3.74. The van der Waals surface area contributed by atoms with Gasteiger partial charge in [-0.15, -0.1) is 0 Å². The summed E-state index contributed by atoms with van der Waals surface area (Å²) in [5.74, 6) is 2.12. The van der Waals surface area contributed by atoms with Gasteiger partial charge in [0.15, 0.2) is 0 Å². The summed E-state index contributed by atoms with van der Waals surface area (Å²) in [4.78, 5) is 33.2. The number of anilines is 1. The van der Waals surface area contributed by atoms with Crippen LogP contribution in [0.15, 0.2) is 78.4 Å². The summed E-state index contributed by atoms with van der Waals surface area (Å²) in [6.45, 7) is 1.11. The Morgan fingerprint density at radius 3 is 2.21 bits per heavy atom. The van der Waals surface area contributed by atoms with Crippen molar-refractivity contribution < 1.29 is 19.1 Å². The molecule has 6 rings (SSSR count). The van der Waals surface area contributed by atoms with E-state index in [0.29, 0.717) is 36.3 Å². The molecule has 2 atom stereocenters. The van der Waals surface area contributed by atoms with Gasteiger partial charge in [-0.05, 0) is 67.3 Å². The van der Waals surface area contributed by atoms with Gasteiger partial charge in [-0.1, -0.05) is 24.3 Å². The number of nitriles is 1. The zero-order chi connectivity index (χ0) is 26.2. The third-order valence-corrected chi connectivity index (χ3v) is 7.07. The molecule has 3 heterocycles. The number of allylic oxidation sites excluding steroid dienone is 1. The van der Waals surface area contributed by atoms with Crippen molar-refractivity contribution in [1.82, 2.24) is 9.88 Å². The molecular formula is C29H25N5O4. The number of fused-ring (bicyclic) bond motifs is 1. The molecule has 2 saturated heterocycles. The van der Waals surface area contributed by atoms with Crippen LogP contribution in [-0.4, -0.2) is 46.9 Å². The summed E-state index contributed by atoms with van der Waals surface area (Å²) >= 11 is 0. The van der Waals surface area contributed by atoms with Gasteiger partial charge in [-0.3, -0.25) is 9.59 Å². The lowest BCUT2D eigenvalue weighted by atomic mass is 9.84. The first-order valence-corrected chi connectivity index (χ1v) is 12.5. The van der Waals surface area contributed by atoms with E-state index in [1.807, 2.05) is 30.3 Å². The van der Waals surface area contributed by atoms with Gasteiger partial charge in [0.25, 0.3) is 11.8 Å². The van der Waals surface area contributed by atoms with E-state index in [-0.39, 0.29) is 35.0 Å². The normalized spacial score (nSPS) is 19.9. The number of amides is 2. The number of nitrogens with two attached hydrogens (primary N) is 1. The number of para-hydroxylation sites is 1. The van der Waals surface area contributed by atoms with Gasteiger partial charge < -0.3 is 25.0 Å². The molecule has 1 aliphatic carbocycles. The number of pyridine rings is 1. The molecule has 0 bridgehead atoms. The highest BCUT2D eigenvalue weighted by Crippen LogP contribution is 2.39. The number of aromatic nitrogens is 1. The van der Waals surface area contributed by atoms with E-state index in [2.05, 4.69) is 16.0 Å². The van der Waals surface area contributed by atoms with Crippen LogP contribution < -0.4 is 20.1 Å². The summed E-state index contributed by atoms with van der Waals surface area (Å²) < 4.78 is 11.8. The first-order valence-electron chi connectivity index (χ1n) is 12.5. The van der Waals surface area contributed by atoms with Crippen molar-refractivity contribution in [2.75, 3.05) is 18.0 Å². The van der Waals surface area contributed by atoms with Crippen molar-refractivity contribution >= 4 is 17.6 Å². The predicted molar refractivity (Wildman–Crippen MR) is 139 cm³/mol. The van der Waals surface area contributed by atoms with Crippen molar-refractivity contribution in [3.05, 3.63) is 83.9 Å². The first-order chi connectivity index (χ1) is 18.5. The molecule has 0 radical (unpaired) electrons. The minimum atomic E-state index is -0.642. The quantitative estimate of drug-likeness (QED) is 0.361. The van der Waals surface area contributed by atoms with Gasteiger partial charge in [0.05, 0.1) is 12.1 Å². The number of benzene rings is 2. The van der Waals surface area contributed by atoms with E-state index >= 15 is 0 Å². The minimum Gasteiger partial charge on any atom is -0.457 e. The number of rotatable bonds is 8. The Balaban J connectivity index is 1.14. The molecule has 190 valence electrons. The highest BCUT2D eigenvalue weighted by Gasteiger charge is 2.54. The van der Waals surface area contributed by atoms with Gasteiger partial charge in [0.1, 0.15) is 40.3 Å². The van der Waals surface area contributed by atoms with E-state index in [0.717, 1.165) is 18.6 Å². The van der Waals surface area contributed by atoms with E-state index in [4.69, 9.17) is 15.2 Å². The second-order valence-corrected chi connectivity index (χ2v) is 9.65. The lowest BCUT2D eigenvalue weighted by Gasteiger charge is -2.62. The van der Waals surface area contributed by atoms with Gasteiger partial charge in [-0.2, -0.15) is 10.2 Å². The first kappa shape index (κ1) is 23.6. The second-order valence-electron chi connectivity index (χ2n) is 9.65. The molecule has 1 saturated carbocycles. The highest BCUT2D eigenvalue weighted by molar-refractivity contribution is 5.98. The summed E-state index contributed by atoms with van der Waals surface area (Å²) in [6, 6.07) is 22.0. The largest absolute Gasteiger partial charge is 0.457 e. The second kappa shape index (κ2) is 9.56. The van der Waals surface area contributed by atoms with Gasteiger partial charge in [-0.25, -0.2) is 0 Å². The number of likely N-dealkylation sites (tertiary alicyclic amines) is 1. The zero-order valence-corrected chi connectivity index (χ0v) is 20.5. The number of ether oxygens (including phenoxy) is 2. The van der Waals surface area contributed by atoms with Crippen molar-refractivity contribution in [3.8, 4) is 29.2 Å². The molecule has 2 aromatic carbocycles. The van der Waals surface area contributed by atoms with Crippen LogP contribution >= 0.6 is 0 Å². The van der Waals surface area contributed by atoms with Crippen LogP contribution in [0.4, 0.5) is 5.82 Å². The molecule has 1 aromatic heterocycles. The zero-order valence-electron chi connectivity index (χ0n) is 20.5. The molecule has 3 fully saturated rings. The van der Waals surface area contributed by atoms with Crippen LogP contribution in [0.1, 0.15) is 23.2 Å². The summed E-state index contributed by atoms with van der Waals surface area (Å²) in [7, 11) is 0. The van der Waals surface area contributed by atoms with Crippen LogP contribution in [0, 0.1) is 17.2 Å². The SMILES string of the molecule is N#C/C(=C\C1CC1)C(=O)N1CC2[C@H]1CN2c1ccc(C(N)=O)c(Oc2ccc(Oc3ccccc3)cc2)n1. The van der Waals surface area contributed by atoms with Crippen LogP contribution in [0.3, 0.4) is 0 Å².